The monoisotopic (exact) mass is 316 g/mol. The summed E-state index contributed by atoms with van der Waals surface area (Å²) in [5.74, 6) is 3.55. The molecule has 2 aliphatic rings. The minimum Gasteiger partial charge on any atom is -0.344 e. The van der Waals surface area contributed by atoms with Gasteiger partial charge in [-0.25, -0.2) is 0 Å². The fourth-order valence-electron chi connectivity index (χ4n) is 2.48. The molecule has 0 saturated carbocycles. The molecular formula is C14H24N2O2S2. The predicted octanol–water partition coefficient (Wildman–Crippen LogP) is 1.60. The zero-order valence-electron chi connectivity index (χ0n) is 12.5. The van der Waals surface area contributed by atoms with Crippen molar-refractivity contribution in [2.75, 3.05) is 30.3 Å². The van der Waals surface area contributed by atoms with Gasteiger partial charge in [-0.1, -0.05) is 20.8 Å². The van der Waals surface area contributed by atoms with Crippen molar-refractivity contribution in [3.05, 3.63) is 0 Å². The van der Waals surface area contributed by atoms with Crippen LogP contribution in [0.25, 0.3) is 0 Å². The number of carbonyl (C=O) groups excluding carboxylic acids is 2. The van der Waals surface area contributed by atoms with Gasteiger partial charge in [0.05, 0.1) is 0 Å². The normalized spacial score (nSPS) is 29.1. The first-order chi connectivity index (χ1) is 9.38. The third-order valence-electron chi connectivity index (χ3n) is 3.65. The molecule has 2 saturated heterocycles. The van der Waals surface area contributed by atoms with Gasteiger partial charge in [0.2, 0.25) is 11.8 Å². The molecule has 2 heterocycles. The Labute approximate surface area is 129 Å². The summed E-state index contributed by atoms with van der Waals surface area (Å²) < 4.78 is 0. The summed E-state index contributed by atoms with van der Waals surface area (Å²) in [5.41, 5.74) is -0.246. The summed E-state index contributed by atoms with van der Waals surface area (Å²) in [6, 6.07) is -0.404. The largest absolute Gasteiger partial charge is 0.344 e. The summed E-state index contributed by atoms with van der Waals surface area (Å²) in [7, 11) is 0. The Kier molecular flexibility index (Phi) is 5.29. The van der Waals surface area contributed by atoms with Gasteiger partial charge in [0.15, 0.2) is 0 Å². The number of thioether (sulfide) groups is 2. The number of carbonyl (C=O) groups is 2. The van der Waals surface area contributed by atoms with Crippen LogP contribution in [0.5, 0.6) is 0 Å². The second-order valence-corrected chi connectivity index (χ2v) is 9.03. The molecule has 0 aromatic carbocycles. The lowest BCUT2D eigenvalue weighted by atomic mass is 9.86. The highest BCUT2D eigenvalue weighted by Crippen LogP contribution is 2.27. The van der Waals surface area contributed by atoms with E-state index in [4.69, 9.17) is 0 Å². The van der Waals surface area contributed by atoms with Crippen molar-refractivity contribution in [3.63, 3.8) is 0 Å². The van der Waals surface area contributed by atoms with Gasteiger partial charge >= 0.3 is 0 Å². The van der Waals surface area contributed by atoms with Crippen LogP contribution < -0.4 is 5.32 Å². The minimum atomic E-state index is -0.404. The lowest BCUT2D eigenvalue weighted by Crippen LogP contribution is -2.53. The standard InChI is InChI=1S/C14H24N2O2S2/c1-14(2,3)12-13(18)16(5-4-11(17)15-12)8-10-9-19-6-7-20-10/h10,12H,4-9H2,1-3H3,(H,15,17). The third-order valence-corrected chi connectivity index (χ3v) is 6.48. The molecule has 0 bridgehead atoms. The number of amides is 2. The van der Waals surface area contributed by atoms with E-state index in [0.717, 1.165) is 18.1 Å². The van der Waals surface area contributed by atoms with E-state index in [1.165, 1.54) is 5.75 Å². The number of rotatable bonds is 2. The molecule has 114 valence electrons. The molecule has 2 unspecified atom stereocenters. The van der Waals surface area contributed by atoms with Crippen LogP contribution in [0.4, 0.5) is 0 Å². The lowest BCUT2D eigenvalue weighted by molar-refractivity contribution is -0.136. The first-order valence-electron chi connectivity index (χ1n) is 7.15. The van der Waals surface area contributed by atoms with Crippen LogP contribution in [0, 0.1) is 5.41 Å². The van der Waals surface area contributed by atoms with E-state index in [2.05, 4.69) is 5.32 Å². The van der Waals surface area contributed by atoms with Crippen LogP contribution in [-0.4, -0.2) is 58.4 Å². The van der Waals surface area contributed by atoms with Crippen molar-refractivity contribution in [2.45, 2.75) is 38.5 Å². The number of nitrogens with one attached hydrogen (secondary N) is 1. The lowest BCUT2D eigenvalue weighted by Gasteiger charge is -2.34. The summed E-state index contributed by atoms with van der Waals surface area (Å²) in [5, 5.41) is 3.40. The van der Waals surface area contributed by atoms with E-state index < -0.39 is 6.04 Å². The van der Waals surface area contributed by atoms with Gasteiger partial charge in [0.25, 0.3) is 0 Å². The van der Waals surface area contributed by atoms with Crippen LogP contribution in [-0.2, 0) is 9.59 Å². The van der Waals surface area contributed by atoms with Crippen molar-refractivity contribution < 1.29 is 9.59 Å². The van der Waals surface area contributed by atoms with Gasteiger partial charge in [-0.2, -0.15) is 23.5 Å². The molecule has 0 aromatic heterocycles. The highest BCUT2D eigenvalue weighted by Gasteiger charge is 2.38. The van der Waals surface area contributed by atoms with Gasteiger partial charge in [-0.05, 0) is 5.41 Å². The molecule has 20 heavy (non-hydrogen) atoms. The molecule has 2 fully saturated rings. The molecule has 1 N–H and O–H groups in total. The Balaban J connectivity index is 2.06. The van der Waals surface area contributed by atoms with E-state index in [0.29, 0.717) is 18.2 Å². The van der Waals surface area contributed by atoms with Crippen LogP contribution in [0.15, 0.2) is 0 Å². The minimum absolute atomic E-state index is 0.00792. The Morgan fingerprint density at radius 3 is 2.65 bits per heavy atom. The average molecular weight is 316 g/mol. The summed E-state index contributed by atoms with van der Waals surface area (Å²) in [6.45, 7) is 7.34. The van der Waals surface area contributed by atoms with E-state index >= 15 is 0 Å². The highest BCUT2D eigenvalue weighted by molar-refractivity contribution is 8.06. The van der Waals surface area contributed by atoms with Gasteiger partial charge in [-0.3, -0.25) is 9.59 Å². The van der Waals surface area contributed by atoms with Gasteiger partial charge in [-0.15, -0.1) is 0 Å². The maximum atomic E-state index is 12.7. The predicted molar refractivity (Wildman–Crippen MR) is 86.2 cm³/mol. The Bertz CT molecular complexity index is 376. The first-order valence-corrected chi connectivity index (χ1v) is 9.36. The molecule has 2 rings (SSSR count). The van der Waals surface area contributed by atoms with Crippen LogP contribution in [0.3, 0.4) is 0 Å². The average Bonchev–Trinajstić information content (AvgIpc) is 2.52. The highest BCUT2D eigenvalue weighted by atomic mass is 32.2. The Morgan fingerprint density at radius 1 is 1.30 bits per heavy atom. The summed E-state index contributed by atoms with van der Waals surface area (Å²) >= 11 is 3.92. The number of hydrogen-bond donors (Lipinski definition) is 1. The zero-order chi connectivity index (χ0) is 14.8. The van der Waals surface area contributed by atoms with Crippen molar-refractivity contribution >= 4 is 35.3 Å². The Hall–Kier alpha value is -0.360. The smallest absolute Gasteiger partial charge is 0.245 e. The van der Waals surface area contributed by atoms with Gasteiger partial charge in [0, 0.05) is 42.0 Å². The number of hydrogen-bond acceptors (Lipinski definition) is 4. The summed E-state index contributed by atoms with van der Waals surface area (Å²) in [6.07, 6.45) is 0.419. The molecule has 0 aliphatic carbocycles. The second-order valence-electron chi connectivity index (χ2n) is 6.47. The molecule has 2 amide bonds. The van der Waals surface area contributed by atoms with E-state index in [1.807, 2.05) is 49.2 Å². The first kappa shape index (κ1) is 16.0. The molecule has 0 radical (unpaired) electrons. The second kappa shape index (κ2) is 6.60. The quantitative estimate of drug-likeness (QED) is 0.841. The molecule has 4 nitrogen and oxygen atoms in total. The molecule has 0 spiro atoms. The van der Waals surface area contributed by atoms with Crippen LogP contribution in [0.2, 0.25) is 0 Å². The molecule has 2 atom stereocenters. The zero-order valence-corrected chi connectivity index (χ0v) is 14.1. The Morgan fingerprint density at radius 2 is 2.05 bits per heavy atom. The van der Waals surface area contributed by atoms with Crippen molar-refractivity contribution in [2.24, 2.45) is 5.41 Å². The van der Waals surface area contributed by atoms with Crippen molar-refractivity contribution in [3.8, 4) is 0 Å². The maximum absolute atomic E-state index is 12.7. The maximum Gasteiger partial charge on any atom is 0.245 e. The fourth-order valence-corrected chi connectivity index (χ4v) is 5.16. The number of nitrogens with zero attached hydrogens (tertiary/aromatic N) is 1. The van der Waals surface area contributed by atoms with Crippen molar-refractivity contribution in [1.82, 2.24) is 10.2 Å². The molecule has 2 aliphatic heterocycles. The van der Waals surface area contributed by atoms with E-state index in [1.54, 1.807) is 0 Å². The SMILES string of the molecule is CC(C)(C)C1NC(=O)CCN(CC2CSCCS2)C1=O. The van der Waals surface area contributed by atoms with Crippen LogP contribution in [0.1, 0.15) is 27.2 Å². The molecular weight excluding hydrogens is 292 g/mol. The molecule has 6 heteroatoms. The topological polar surface area (TPSA) is 49.4 Å². The molecule has 0 aromatic rings. The van der Waals surface area contributed by atoms with E-state index in [-0.39, 0.29) is 17.2 Å². The van der Waals surface area contributed by atoms with E-state index in [9.17, 15) is 9.59 Å². The van der Waals surface area contributed by atoms with Crippen molar-refractivity contribution in [1.29, 1.82) is 0 Å². The summed E-state index contributed by atoms with van der Waals surface area (Å²) in [4.78, 5) is 26.4. The third kappa shape index (κ3) is 4.07. The van der Waals surface area contributed by atoms with Crippen LogP contribution >= 0.6 is 23.5 Å². The van der Waals surface area contributed by atoms with Gasteiger partial charge in [0.1, 0.15) is 6.04 Å². The van der Waals surface area contributed by atoms with Gasteiger partial charge < -0.3 is 10.2 Å². The fraction of sp³-hybridized carbons (Fsp3) is 0.857.